The summed E-state index contributed by atoms with van der Waals surface area (Å²) < 4.78 is 40.1. The molecule has 100 valence electrons. The first kappa shape index (κ1) is 13.5. The molecule has 0 spiro atoms. The van der Waals surface area contributed by atoms with Crippen molar-refractivity contribution in [2.45, 2.75) is 11.4 Å². The van der Waals surface area contributed by atoms with Crippen molar-refractivity contribution in [3.05, 3.63) is 59.9 Å². The van der Waals surface area contributed by atoms with E-state index in [2.05, 4.69) is 4.72 Å². The van der Waals surface area contributed by atoms with Gasteiger partial charge in [-0.3, -0.25) is 4.72 Å². The van der Waals surface area contributed by atoms with E-state index in [0.717, 1.165) is 0 Å². The van der Waals surface area contributed by atoms with Gasteiger partial charge < -0.3 is 5.73 Å². The number of sulfonamides is 1. The quantitative estimate of drug-likeness (QED) is 0.900. The maximum atomic E-state index is 13.5. The Hall–Kier alpha value is -1.92. The lowest BCUT2D eigenvalue weighted by Crippen LogP contribution is -2.16. The Morgan fingerprint density at radius 2 is 1.68 bits per heavy atom. The molecule has 0 radical (unpaired) electrons. The van der Waals surface area contributed by atoms with E-state index in [0.29, 0.717) is 5.56 Å². The third kappa shape index (κ3) is 2.91. The van der Waals surface area contributed by atoms with E-state index in [4.69, 9.17) is 5.73 Å². The van der Waals surface area contributed by atoms with Gasteiger partial charge >= 0.3 is 0 Å². The summed E-state index contributed by atoms with van der Waals surface area (Å²) >= 11 is 0. The summed E-state index contributed by atoms with van der Waals surface area (Å²) in [6.07, 6.45) is 0. The Kier molecular flexibility index (Phi) is 3.82. The van der Waals surface area contributed by atoms with Gasteiger partial charge in [0.25, 0.3) is 10.0 Å². The second kappa shape index (κ2) is 5.38. The predicted octanol–water partition coefficient (Wildman–Crippen LogP) is 2.09. The fourth-order valence-electron chi connectivity index (χ4n) is 1.68. The molecule has 0 atom stereocenters. The Balaban J connectivity index is 2.41. The van der Waals surface area contributed by atoms with Gasteiger partial charge in [0.1, 0.15) is 5.82 Å². The van der Waals surface area contributed by atoms with Crippen LogP contribution in [0.15, 0.2) is 53.4 Å². The van der Waals surface area contributed by atoms with Crippen LogP contribution in [0.25, 0.3) is 0 Å². The Bertz CT molecular complexity index is 687. The van der Waals surface area contributed by atoms with Gasteiger partial charge in [0.15, 0.2) is 0 Å². The molecule has 19 heavy (non-hydrogen) atoms. The number of hydrogen-bond donors (Lipinski definition) is 2. The molecule has 0 aliphatic carbocycles. The van der Waals surface area contributed by atoms with Crippen LogP contribution in [0.4, 0.5) is 10.1 Å². The zero-order chi connectivity index (χ0) is 13.9. The number of hydrogen-bond acceptors (Lipinski definition) is 3. The highest BCUT2D eigenvalue weighted by Gasteiger charge is 2.18. The van der Waals surface area contributed by atoms with E-state index in [1.807, 2.05) is 0 Å². The number of nitrogens with two attached hydrogens (primary N) is 1. The molecule has 0 aromatic heterocycles. The lowest BCUT2D eigenvalue weighted by Gasteiger charge is -2.11. The van der Waals surface area contributed by atoms with E-state index in [9.17, 15) is 12.8 Å². The molecular formula is C13H13FN2O2S. The van der Waals surface area contributed by atoms with Gasteiger partial charge in [0, 0.05) is 6.54 Å². The zero-order valence-corrected chi connectivity index (χ0v) is 10.8. The minimum absolute atomic E-state index is 0.0563. The van der Waals surface area contributed by atoms with Gasteiger partial charge in [-0.15, -0.1) is 0 Å². The number of para-hydroxylation sites is 1. The number of rotatable bonds is 4. The zero-order valence-electron chi connectivity index (χ0n) is 10.0. The molecule has 0 saturated heterocycles. The molecule has 0 fully saturated rings. The predicted molar refractivity (Wildman–Crippen MR) is 71.5 cm³/mol. The van der Waals surface area contributed by atoms with Crippen molar-refractivity contribution < 1.29 is 12.8 Å². The van der Waals surface area contributed by atoms with Crippen LogP contribution >= 0.6 is 0 Å². The summed E-state index contributed by atoms with van der Waals surface area (Å²) in [6.45, 7) is 0.0916. The lowest BCUT2D eigenvalue weighted by atomic mass is 10.2. The summed E-state index contributed by atoms with van der Waals surface area (Å²) in [6, 6.07) is 11.9. The highest BCUT2D eigenvalue weighted by atomic mass is 32.2. The third-order valence-electron chi connectivity index (χ3n) is 2.60. The fourth-order valence-corrected chi connectivity index (χ4v) is 3.00. The van der Waals surface area contributed by atoms with Crippen LogP contribution < -0.4 is 10.5 Å². The van der Waals surface area contributed by atoms with Crippen LogP contribution in [0.3, 0.4) is 0 Å². The molecule has 0 heterocycles. The van der Waals surface area contributed by atoms with E-state index in [1.165, 1.54) is 24.3 Å². The smallest absolute Gasteiger partial charge is 0.262 e. The molecule has 0 aliphatic rings. The summed E-state index contributed by atoms with van der Waals surface area (Å²) in [4.78, 5) is 0.0563. The van der Waals surface area contributed by atoms with Crippen LogP contribution in [0.2, 0.25) is 0 Å². The average Bonchev–Trinajstić information content (AvgIpc) is 2.41. The molecule has 0 unspecified atom stereocenters. The monoisotopic (exact) mass is 280 g/mol. The SMILES string of the molecule is NCc1ccccc1S(=O)(=O)Nc1ccccc1F. The molecule has 2 aromatic rings. The van der Waals surface area contributed by atoms with Crippen molar-refractivity contribution in [2.75, 3.05) is 4.72 Å². The molecule has 6 heteroatoms. The molecular weight excluding hydrogens is 267 g/mol. The molecule has 0 amide bonds. The van der Waals surface area contributed by atoms with Gasteiger partial charge in [-0.2, -0.15) is 0 Å². The van der Waals surface area contributed by atoms with Crippen molar-refractivity contribution in [3.8, 4) is 0 Å². The van der Waals surface area contributed by atoms with Gasteiger partial charge in [-0.25, -0.2) is 12.8 Å². The molecule has 0 saturated carbocycles. The topological polar surface area (TPSA) is 72.2 Å². The van der Waals surface area contributed by atoms with Crippen LogP contribution in [0.5, 0.6) is 0 Å². The van der Waals surface area contributed by atoms with Crippen molar-refractivity contribution in [3.63, 3.8) is 0 Å². The molecule has 0 bridgehead atoms. The lowest BCUT2D eigenvalue weighted by molar-refractivity contribution is 0.597. The Labute approximate surface area is 111 Å². The first-order valence-corrected chi connectivity index (χ1v) is 7.08. The number of benzene rings is 2. The highest BCUT2D eigenvalue weighted by Crippen LogP contribution is 2.21. The first-order chi connectivity index (χ1) is 9.04. The maximum Gasteiger partial charge on any atom is 0.262 e. The second-order valence-electron chi connectivity index (χ2n) is 3.90. The normalized spacial score (nSPS) is 11.3. The average molecular weight is 280 g/mol. The van der Waals surface area contributed by atoms with Crippen LogP contribution in [-0.2, 0) is 16.6 Å². The van der Waals surface area contributed by atoms with Gasteiger partial charge in [-0.1, -0.05) is 30.3 Å². The van der Waals surface area contributed by atoms with Crippen molar-refractivity contribution in [1.82, 2.24) is 0 Å². The van der Waals surface area contributed by atoms with Crippen molar-refractivity contribution in [2.24, 2.45) is 5.73 Å². The number of anilines is 1. The Morgan fingerprint density at radius 1 is 1.05 bits per heavy atom. The molecule has 2 aromatic carbocycles. The fraction of sp³-hybridized carbons (Fsp3) is 0.0769. The summed E-state index contributed by atoms with van der Waals surface area (Å²) in [5, 5.41) is 0. The maximum absolute atomic E-state index is 13.5. The van der Waals surface area contributed by atoms with Gasteiger partial charge in [0.05, 0.1) is 10.6 Å². The van der Waals surface area contributed by atoms with Crippen molar-refractivity contribution in [1.29, 1.82) is 0 Å². The standard InChI is InChI=1S/C13H13FN2O2S/c14-11-6-2-3-7-12(11)16-19(17,18)13-8-4-1-5-10(13)9-15/h1-8,16H,9,15H2. The number of nitrogens with one attached hydrogen (secondary N) is 1. The van der Waals surface area contributed by atoms with Crippen molar-refractivity contribution >= 4 is 15.7 Å². The molecule has 3 N–H and O–H groups in total. The molecule has 4 nitrogen and oxygen atoms in total. The van der Waals surface area contributed by atoms with Gasteiger partial charge in [-0.05, 0) is 23.8 Å². The minimum atomic E-state index is -3.85. The van der Waals surface area contributed by atoms with Gasteiger partial charge in [0.2, 0.25) is 0 Å². The van der Waals surface area contributed by atoms with Crippen LogP contribution in [0.1, 0.15) is 5.56 Å². The van der Waals surface area contributed by atoms with E-state index >= 15 is 0 Å². The number of halogens is 1. The van der Waals surface area contributed by atoms with E-state index < -0.39 is 15.8 Å². The minimum Gasteiger partial charge on any atom is -0.326 e. The van der Waals surface area contributed by atoms with Crippen LogP contribution in [-0.4, -0.2) is 8.42 Å². The van der Waals surface area contributed by atoms with E-state index in [-0.39, 0.29) is 17.1 Å². The van der Waals surface area contributed by atoms with Crippen LogP contribution in [0, 0.1) is 5.82 Å². The largest absolute Gasteiger partial charge is 0.326 e. The molecule has 2 rings (SSSR count). The summed E-state index contributed by atoms with van der Waals surface area (Å²) in [5.74, 6) is -0.628. The first-order valence-electron chi connectivity index (χ1n) is 5.60. The Morgan fingerprint density at radius 3 is 2.37 bits per heavy atom. The summed E-state index contributed by atoms with van der Waals surface area (Å²) in [5.41, 5.74) is 5.89. The molecule has 0 aliphatic heterocycles. The summed E-state index contributed by atoms with van der Waals surface area (Å²) in [7, 11) is -3.85. The highest BCUT2D eigenvalue weighted by molar-refractivity contribution is 7.92. The third-order valence-corrected chi connectivity index (χ3v) is 4.07. The second-order valence-corrected chi connectivity index (χ2v) is 5.55. The van der Waals surface area contributed by atoms with E-state index in [1.54, 1.807) is 24.3 Å².